The summed E-state index contributed by atoms with van der Waals surface area (Å²) in [5.74, 6) is 0.477. The van der Waals surface area contributed by atoms with E-state index >= 15 is 0 Å². The molecule has 0 amide bonds. The van der Waals surface area contributed by atoms with Crippen molar-refractivity contribution in [3.63, 3.8) is 0 Å². The minimum atomic E-state index is -0.257. The van der Waals surface area contributed by atoms with Crippen molar-refractivity contribution in [2.75, 3.05) is 13.2 Å². The zero-order valence-corrected chi connectivity index (χ0v) is 10.3. The second-order valence-electron chi connectivity index (χ2n) is 5.24. The lowest BCUT2D eigenvalue weighted by molar-refractivity contribution is 0.0154. The van der Waals surface area contributed by atoms with Gasteiger partial charge in [0, 0.05) is 31.1 Å². The Hall–Kier alpha value is -1.13. The Kier molecular flexibility index (Phi) is 2.99. The number of rotatable bonds is 0. The van der Waals surface area contributed by atoms with Gasteiger partial charge in [0.1, 0.15) is 17.2 Å². The summed E-state index contributed by atoms with van der Waals surface area (Å²) in [5.41, 5.74) is 6.75. The lowest BCUT2D eigenvalue weighted by Gasteiger charge is -2.40. The lowest BCUT2D eigenvalue weighted by atomic mass is 9.82. The molecule has 1 aromatic carbocycles. The van der Waals surface area contributed by atoms with Gasteiger partial charge in [0.25, 0.3) is 0 Å². The quantitative estimate of drug-likeness (QED) is 0.770. The van der Waals surface area contributed by atoms with Gasteiger partial charge in [-0.3, -0.25) is 0 Å². The zero-order valence-electron chi connectivity index (χ0n) is 10.3. The van der Waals surface area contributed by atoms with Crippen LogP contribution in [-0.4, -0.2) is 18.8 Å². The molecule has 2 aliphatic heterocycles. The van der Waals surface area contributed by atoms with Crippen LogP contribution in [0.1, 0.15) is 37.3 Å². The van der Waals surface area contributed by atoms with Crippen LogP contribution in [0.25, 0.3) is 0 Å². The molecule has 0 bridgehead atoms. The predicted molar refractivity (Wildman–Crippen MR) is 66.0 cm³/mol. The third-order valence-corrected chi connectivity index (χ3v) is 3.91. The van der Waals surface area contributed by atoms with E-state index in [1.54, 1.807) is 6.07 Å². The Morgan fingerprint density at radius 2 is 2.17 bits per heavy atom. The largest absolute Gasteiger partial charge is 0.487 e. The molecule has 2 unspecified atom stereocenters. The second kappa shape index (κ2) is 4.52. The monoisotopic (exact) mass is 251 g/mol. The number of nitrogens with two attached hydrogens (primary N) is 1. The van der Waals surface area contributed by atoms with Crippen molar-refractivity contribution in [3.05, 3.63) is 29.6 Å². The maximum Gasteiger partial charge on any atom is 0.125 e. The highest BCUT2D eigenvalue weighted by Gasteiger charge is 2.40. The van der Waals surface area contributed by atoms with Crippen LogP contribution in [0, 0.1) is 5.82 Å². The van der Waals surface area contributed by atoms with Gasteiger partial charge < -0.3 is 15.2 Å². The highest BCUT2D eigenvalue weighted by Crippen LogP contribution is 2.43. The van der Waals surface area contributed by atoms with Crippen LogP contribution in [0.4, 0.5) is 4.39 Å². The van der Waals surface area contributed by atoms with E-state index in [4.69, 9.17) is 15.2 Å². The molecule has 0 radical (unpaired) electrons. The molecule has 3 nitrogen and oxygen atoms in total. The molecule has 1 aromatic rings. The van der Waals surface area contributed by atoms with E-state index in [0.717, 1.165) is 43.6 Å². The van der Waals surface area contributed by atoms with Gasteiger partial charge in [-0.25, -0.2) is 4.39 Å². The Labute approximate surface area is 106 Å². The van der Waals surface area contributed by atoms with Gasteiger partial charge >= 0.3 is 0 Å². The van der Waals surface area contributed by atoms with Crippen molar-refractivity contribution in [1.29, 1.82) is 0 Å². The summed E-state index contributed by atoms with van der Waals surface area (Å²) in [6.07, 6.45) is 3.55. The van der Waals surface area contributed by atoms with Crippen LogP contribution in [0.15, 0.2) is 18.2 Å². The molecule has 2 atom stereocenters. The van der Waals surface area contributed by atoms with Gasteiger partial charge in [0.15, 0.2) is 0 Å². The molecule has 0 aliphatic carbocycles. The molecule has 2 N–H and O–H groups in total. The third-order valence-electron chi connectivity index (χ3n) is 3.91. The minimum Gasteiger partial charge on any atom is -0.487 e. The third kappa shape index (κ3) is 2.10. The van der Waals surface area contributed by atoms with Crippen LogP contribution in [0.2, 0.25) is 0 Å². The summed E-state index contributed by atoms with van der Waals surface area (Å²) < 4.78 is 24.9. The summed E-state index contributed by atoms with van der Waals surface area (Å²) >= 11 is 0. The SMILES string of the molecule is NC1CC2(CCCOCC2)Oc2ccc(F)cc21. The van der Waals surface area contributed by atoms with Crippen molar-refractivity contribution in [2.45, 2.75) is 37.3 Å². The molecule has 0 aromatic heterocycles. The highest BCUT2D eigenvalue weighted by atomic mass is 19.1. The van der Waals surface area contributed by atoms with Gasteiger partial charge in [-0.15, -0.1) is 0 Å². The maximum absolute atomic E-state index is 13.2. The standard InChI is InChI=1S/C14H18FNO2/c15-10-2-3-13-11(8-10)12(16)9-14(18-13)4-1-6-17-7-5-14/h2-3,8,12H,1,4-7,9,16H2. The summed E-state index contributed by atoms with van der Waals surface area (Å²) in [5, 5.41) is 0. The molecule has 18 heavy (non-hydrogen) atoms. The molecule has 1 saturated heterocycles. The molecule has 1 fully saturated rings. The smallest absolute Gasteiger partial charge is 0.125 e. The van der Waals surface area contributed by atoms with Crippen molar-refractivity contribution in [1.82, 2.24) is 0 Å². The molecule has 2 heterocycles. The first-order valence-electron chi connectivity index (χ1n) is 6.50. The van der Waals surface area contributed by atoms with Crippen LogP contribution in [-0.2, 0) is 4.74 Å². The fourth-order valence-corrected chi connectivity index (χ4v) is 2.98. The molecule has 4 heteroatoms. The van der Waals surface area contributed by atoms with E-state index in [9.17, 15) is 4.39 Å². The number of hydrogen-bond acceptors (Lipinski definition) is 3. The average Bonchev–Trinajstić information content (AvgIpc) is 2.56. The average molecular weight is 251 g/mol. The van der Waals surface area contributed by atoms with Crippen LogP contribution in [0.5, 0.6) is 5.75 Å². The lowest BCUT2D eigenvalue weighted by Crippen LogP contribution is -2.43. The van der Waals surface area contributed by atoms with Gasteiger partial charge in [0.2, 0.25) is 0 Å². The molecule has 1 spiro atoms. The molecular formula is C14H18FNO2. The minimum absolute atomic E-state index is 0.150. The summed E-state index contributed by atoms with van der Waals surface area (Å²) in [6, 6.07) is 4.46. The topological polar surface area (TPSA) is 44.5 Å². The van der Waals surface area contributed by atoms with Gasteiger partial charge in [-0.05, 0) is 31.0 Å². The van der Waals surface area contributed by atoms with Crippen molar-refractivity contribution in [2.24, 2.45) is 5.73 Å². The van der Waals surface area contributed by atoms with Crippen molar-refractivity contribution >= 4 is 0 Å². The van der Waals surface area contributed by atoms with E-state index < -0.39 is 0 Å². The molecular weight excluding hydrogens is 233 g/mol. The van der Waals surface area contributed by atoms with Gasteiger partial charge in [-0.1, -0.05) is 0 Å². The van der Waals surface area contributed by atoms with Crippen LogP contribution < -0.4 is 10.5 Å². The molecule has 2 aliphatic rings. The Morgan fingerprint density at radius 1 is 1.28 bits per heavy atom. The Morgan fingerprint density at radius 3 is 3.06 bits per heavy atom. The van der Waals surface area contributed by atoms with E-state index in [-0.39, 0.29) is 17.5 Å². The first kappa shape index (κ1) is 11.9. The number of benzene rings is 1. The summed E-state index contributed by atoms with van der Waals surface area (Å²) in [7, 11) is 0. The summed E-state index contributed by atoms with van der Waals surface area (Å²) in [6.45, 7) is 1.50. The van der Waals surface area contributed by atoms with E-state index in [1.807, 2.05) is 0 Å². The number of halogens is 1. The van der Waals surface area contributed by atoms with Crippen LogP contribution >= 0.6 is 0 Å². The second-order valence-corrected chi connectivity index (χ2v) is 5.24. The summed E-state index contributed by atoms with van der Waals surface area (Å²) in [4.78, 5) is 0. The molecule has 98 valence electrons. The van der Waals surface area contributed by atoms with Crippen molar-refractivity contribution < 1.29 is 13.9 Å². The van der Waals surface area contributed by atoms with E-state index in [0.29, 0.717) is 6.61 Å². The number of hydrogen-bond donors (Lipinski definition) is 1. The first-order chi connectivity index (χ1) is 8.69. The van der Waals surface area contributed by atoms with E-state index in [2.05, 4.69) is 0 Å². The fraction of sp³-hybridized carbons (Fsp3) is 0.571. The predicted octanol–water partition coefficient (Wildman–Crippen LogP) is 2.55. The number of fused-ring (bicyclic) bond motifs is 1. The first-order valence-corrected chi connectivity index (χ1v) is 6.50. The van der Waals surface area contributed by atoms with Gasteiger partial charge in [-0.2, -0.15) is 0 Å². The zero-order chi connectivity index (χ0) is 12.6. The van der Waals surface area contributed by atoms with Crippen molar-refractivity contribution in [3.8, 4) is 5.75 Å². The molecule has 0 saturated carbocycles. The van der Waals surface area contributed by atoms with E-state index in [1.165, 1.54) is 12.1 Å². The maximum atomic E-state index is 13.2. The highest BCUT2D eigenvalue weighted by molar-refractivity contribution is 5.39. The molecule has 3 rings (SSSR count). The van der Waals surface area contributed by atoms with Gasteiger partial charge in [0.05, 0.1) is 6.61 Å². The number of ether oxygens (including phenoxy) is 2. The Bertz CT molecular complexity index is 441. The van der Waals surface area contributed by atoms with Crippen LogP contribution in [0.3, 0.4) is 0 Å². The Balaban J connectivity index is 1.92. The normalized spacial score (nSPS) is 31.6. The fourth-order valence-electron chi connectivity index (χ4n) is 2.98.